The highest BCUT2D eigenvalue weighted by Gasteiger charge is 2.30. The monoisotopic (exact) mass is 429 g/mol. The average molecular weight is 430 g/mol. The minimum atomic E-state index is -0.154. The van der Waals surface area contributed by atoms with Crippen LogP contribution in [0, 0.1) is 5.92 Å². The van der Waals surface area contributed by atoms with Crippen LogP contribution in [0.4, 0.5) is 11.6 Å². The summed E-state index contributed by atoms with van der Waals surface area (Å²) >= 11 is 5.83. The number of carbonyl (C=O) groups excluding carboxylic acids is 2. The van der Waals surface area contributed by atoms with Gasteiger partial charge in [0, 0.05) is 44.5 Å². The van der Waals surface area contributed by atoms with E-state index in [4.69, 9.17) is 16.3 Å². The molecule has 4 rings (SSSR count). The second kappa shape index (κ2) is 9.40. The largest absolute Gasteiger partial charge is 0.378 e. The molecule has 2 aliphatic heterocycles. The molecule has 9 heteroatoms. The zero-order valence-corrected chi connectivity index (χ0v) is 17.3. The minimum Gasteiger partial charge on any atom is -0.378 e. The molecule has 1 N–H and O–H groups in total. The van der Waals surface area contributed by atoms with Gasteiger partial charge in [0.2, 0.25) is 5.91 Å². The molecule has 0 unspecified atom stereocenters. The molecular weight excluding hydrogens is 406 g/mol. The van der Waals surface area contributed by atoms with Crippen LogP contribution >= 0.6 is 11.6 Å². The first-order valence-corrected chi connectivity index (χ1v) is 10.5. The number of pyridine rings is 2. The van der Waals surface area contributed by atoms with Crippen molar-refractivity contribution in [1.82, 2.24) is 14.9 Å². The number of aromatic nitrogens is 2. The fourth-order valence-electron chi connectivity index (χ4n) is 3.78. The molecule has 30 heavy (non-hydrogen) atoms. The van der Waals surface area contributed by atoms with Crippen LogP contribution in [0.3, 0.4) is 0 Å². The van der Waals surface area contributed by atoms with E-state index < -0.39 is 0 Å². The predicted molar refractivity (Wildman–Crippen MR) is 114 cm³/mol. The van der Waals surface area contributed by atoms with E-state index in [0.29, 0.717) is 61.4 Å². The van der Waals surface area contributed by atoms with Gasteiger partial charge in [-0.3, -0.25) is 9.59 Å². The lowest BCUT2D eigenvalue weighted by Gasteiger charge is -2.33. The van der Waals surface area contributed by atoms with Crippen LogP contribution in [-0.2, 0) is 9.53 Å². The molecule has 2 aromatic heterocycles. The lowest BCUT2D eigenvalue weighted by molar-refractivity contribution is -0.121. The Morgan fingerprint density at radius 2 is 1.83 bits per heavy atom. The Kier molecular flexibility index (Phi) is 6.44. The molecule has 2 saturated heterocycles. The Labute approximate surface area is 180 Å². The number of halogens is 1. The van der Waals surface area contributed by atoms with E-state index in [-0.39, 0.29) is 17.7 Å². The highest BCUT2D eigenvalue weighted by molar-refractivity contribution is 6.30. The van der Waals surface area contributed by atoms with Crippen molar-refractivity contribution in [2.45, 2.75) is 12.8 Å². The van der Waals surface area contributed by atoms with Crippen molar-refractivity contribution >= 4 is 35.1 Å². The van der Waals surface area contributed by atoms with E-state index in [0.717, 1.165) is 13.1 Å². The summed E-state index contributed by atoms with van der Waals surface area (Å²) in [5.74, 6) is 0.919. The average Bonchev–Trinajstić information content (AvgIpc) is 2.81. The molecule has 2 aromatic rings. The van der Waals surface area contributed by atoms with Gasteiger partial charge in [-0.1, -0.05) is 11.6 Å². The maximum atomic E-state index is 13.2. The molecule has 0 aliphatic carbocycles. The standard InChI is InChI=1S/C21H24ClN5O3/c22-16-3-4-18(24-14-16)25-20(28)15-5-8-27(9-6-15)21(29)17-2-1-7-23-19(17)26-10-12-30-13-11-26/h1-4,7,14-15H,5-6,8-13H2,(H,24,25,28). The summed E-state index contributed by atoms with van der Waals surface area (Å²) in [5, 5.41) is 3.35. The summed E-state index contributed by atoms with van der Waals surface area (Å²) in [6.07, 6.45) is 4.43. The topological polar surface area (TPSA) is 87.7 Å². The number of piperidine rings is 1. The third-order valence-corrected chi connectivity index (χ3v) is 5.68. The molecule has 0 bridgehead atoms. The first-order chi connectivity index (χ1) is 14.6. The number of anilines is 2. The van der Waals surface area contributed by atoms with Crippen molar-refractivity contribution in [3.63, 3.8) is 0 Å². The Morgan fingerprint density at radius 3 is 2.53 bits per heavy atom. The number of hydrogen-bond acceptors (Lipinski definition) is 6. The summed E-state index contributed by atoms with van der Waals surface area (Å²) in [5.41, 5.74) is 0.604. The number of carbonyl (C=O) groups is 2. The van der Waals surface area contributed by atoms with Gasteiger partial charge in [0.15, 0.2) is 0 Å². The minimum absolute atomic E-state index is 0.0391. The smallest absolute Gasteiger partial charge is 0.257 e. The third-order valence-electron chi connectivity index (χ3n) is 5.46. The highest BCUT2D eigenvalue weighted by Crippen LogP contribution is 2.24. The van der Waals surface area contributed by atoms with Crippen molar-refractivity contribution in [3.8, 4) is 0 Å². The van der Waals surface area contributed by atoms with E-state index in [1.165, 1.54) is 6.20 Å². The first-order valence-electron chi connectivity index (χ1n) is 10.1. The van der Waals surface area contributed by atoms with E-state index in [2.05, 4.69) is 20.2 Å². The van der Waals surface area contributed by atoms with Crippen LogP contribution in [0.1, 0.15) is 23.2 Å². The van der Waals surface area contributed by atoms with Gasteiger partial charge in [-0.25, -0.2) is 9.97 Å². The SMILES string of the molecule is O=C(Nc1ccc(Cl)cn1)C1CCN(C(=O)c2cccnc2N2CCOCC2)CC1. The second-order valence-electron chi connectivity index (χ2n) is 7.39. The lowest BCUT2D eigenvalue weighted by Crippen LogP contribution is -2.43. The maximum absolute atomic E-state index is 13.2. The van der Waals surface area contributed by atoms with Crippen molar-refractivity contribution in [3.05, 3.63) is 47.2 Å². The van der Waals surface area contributed by atoms with Gasteiger partial charge in [-0.15, -0.1) is 0 Å². The molecule has 8 nitrogen and oxygen atoms in total. The first kappa shape index (κ1) is 20.6. The number of likely N-dealkylation sites (tertiary alicyclic amines) is 1. The zero-order valence-electron chi connectivity index (χ0n) is 16.6. The van der Waals surface area contributed by atoms with E-state index in [1.807, 2.05) is 11.0 Å². The van der Waals surface area contributed by atoms with Crippen LogP contribution in [0.15, 0.2) is 36.7 Å². The van der Waals surface area contributed by atoms with Crippen molar-refractivity contribution in [1.29, 1.82) is 0 Å². The maximum Gasteiger partial charge on any atom is 0.257 e. The molecule has 2 fully saturated rings. The summed E-state index contributed by atoms with van der Waals surface area (Å²) < 4.78 is 5.41. The summed E-state index contributed by atoms with van der Waals surface area (Å²) in [4.78, 5) is 38.2. The zero-order chi connectivity index (χ0) is 20.9. The van der Waals surface area contributed by atoms with E-state index in [9.17, 15) is 9.59 Å². The Morgan fingerprint density at radius 1 is 1.07 bits per heavy atom. The molecule has 0 saturated carbocycles. The molecule has 158 valence electrons. The quantitative estimate of drug-likeness (QED) is 0.803. The van der Waals surface area contributed by atoms with Crippen LogP contribution < -0.4 is 10.2 Å². The fourth-order valence-corrected chi connectivity index (χ4v) is 3.90. The Bertz CT molecular complexity index is 894. The number of morpholine rings is 1. The molecule has 4 heterocycles. The van der Waals surface area contributed by atoms with Gasteiger partial charge in [0.1, 0.15) is 11.6 Å². The lowest BCUT2D eigenvalue weighted by atomic mass is 9.95. The Hall–Kier alpha value is -2.71. The summed E-state index contributed by atoms with van der Waals surface area (Å²) in [6, 6.07) is 6.97. The molecule has 0 radical (unpaired) electrons. The van der Waals surface area contributed by atoms with Crippen LogP contribution in [0.2, 0.25) is 5.02 Å². The van der Waals surface area contributed by atoms with Gasteiger partial charge in [0.05, 0.1) is 23.8 Å². The molecule has 2 amide bonds. The predicted octanol–water partition coefficient (Wildman–Crippen LogP) is 2.46. The van der Waals surface area contributed by atoms with Gasteiger partial charge in [-0.05, 0) is 37.1 Å². The number of ether oxygens (including phenoxy) is 1. The summed E-state index contributed by atoms with van der Waals surface area (Å²) in [7, 11) is 0. The van der Waals surface area contributed by atoms with Gasteiger partial charge in [-0.2, -0.15) is 0 Å². The van der Waals surface area contributed by atoms with Crippen molar-refractivity contribution < 1.29 is 14.3 Å². The number of rotatable bonds is 4. The molecule has 0 spiro atoms. The number of hydrogen-bond donors (Lipinski definition) is 1. The van der Waals surface area contributed by atoms with Crippen LogP contribution in [-0.4, -0.2) is 66.1 Å². The van der Waals surface area contributed by atoms with Gasteiger partial charge < -0.3 is 19.9 Å². The normalized spacial score (nSPS) is 17.6. The second-order valence-corrected chi connectivity index (χ2v) is 7.83. The van der Waals surface area contributed by atoms with Crippen LogP contribution in [0.5, 0.6) is 0 Å². The van der Waals surface area contributed by atoms with E-state index >= 15 is 0 Å². The molecule has 0 atom stereocenters. The number of nitrogens with zero attached hydrogens (tertiary/aromatic N) is 4. The van der Waals surface area contributed by atoms with E-state index in [1.54, 1.807) is 24.4 Å². The van der Waals surface area contributed by atoms with Crippen molar-refractivity contribution in [2.24, 2.45) is 5.92 Å². The van der Waals surface area contributed by atoms with Gasteiger partial charge >= 0.3 is 0 Å². The summed E-state index contributed by atoms with van der Waals surface area (Å²) in [6.45, 7) is 3.77. The molecule has 0 aromatic carbocycles. The third kappa shape index (κ3) is 4.71. The van der Waals surface area contributed by atoms with Crippen LogP contribution in [0.25, 0.3) is 0 Å². The number of nitrogens with one attached hydrogen (secondary N) is 1. The Balaban J connectivity index is 1.36. The van der Waals surface area contributed by atoms with Crippen molar-refractivity contribution in [2.75, 3.05) is 49.6 Å². The number of amides is 2. The molecular formula is C21H24ClN5O3. The van der Waals surface area contributed by atoms with Gasteiger partial charge in [0.25, 0.3) is 5.91 Å². The fraction of sp³-hybridized carbons (Fsp3) is 0.429. The highest BCUT2D eigenvalue weighted by atomic mass is 35.5. The molecule has 2 aliphatic rings.